The molecule has 0 radical (unpaired) electrons. The van der Waals surface area contributed by atoms with E-state index in [1.165, 1.54) is 13.8 Å². The highest BCUT2D eigenvalue weighted by molar-refractivity contribution is 8.23. The SMILES string of the molecule is CCOC(=S)SC(CC(O)CC(C)C(=O)OCCOC(=O)C(C)CC(O)CC(OC(C)=O)SC(C)=S)OC(C)=O. The van der Waals surface area contributed by atoms with Crippen LogP contribution < -0.4 is 0 Å². The Morgan fingerprint density at radius 1 is 0.700 bits per heavy atom. The number of hydrogen-bond acceptors (Lipinski definition) is 15. The molecule has 0 heterocycles. The van der Waals surface area contributed by atoms with Crippen molar-refractivity contribution in [3.63, 3.8) is 0 Å². The lowest BCUT2D eigenvalue weighted by molar-refractivity contribution is -0.158. The molecule has 0 aliphatic rings. The molecule has 0 amide bonds. The van der Waals surface area contributed by atoms with Crippen molar-refractivity contribution in [1.82, 2.24) is 0 Å². The number of thiocarbonyl (C=S) groups is 2. The summed E-state index contributed by atoms with van der Waals surface area (Å²) in [6, 6.07) is 0. The van der Waals surface area contributed by atoms with E-state index in [2.05, 4.69) is 0 Å². The molecule has 0 rings (SSSR count). The third kappa shape index (κ3) is 19.5. The van der Waals surface area contributed by atoms with Gasteiger partial charge in [0, 0.05) is 30.9 Å². The first-order chi connectivity index (χ1) is 18.6. The van der Waals surface area contributed by atoms with Gasteiger partial charge in [-0.25, -0.2) is 0 Å². The zero-order chi connectivity index (χ0) is 30.8. The van der Waals surface area contributed by atoms with Gasteiger partial charge in [0.25, 0.3) is 0 Å². The minimum absolute atomic E-state index is 0.0296. The van der Waals surface area contributed by atoms with Crippen LogP contribution in [0, 0.1) is 11.8 Å². The van der Waals surface area contributed by atoms with Crippen LogP contribution in [0.4, 0.5) is 0 Å². The Kier molecular flexibility index (Phi) is 20.4. The van der Waals surface area contributed by atoms with Crippen LogP contribution >= 0.6 is 48.0 Å². The normalized spacial score (nSPS) is 15.4. The lowest BCUT2D eigenvalue weighted by atomic mass is 10.0. The van der Waals surface area contributed by atoms with Crippen LogP contribution in [0.1, 0.15) is 67.2 Å². The first-order valence-electron chi connectivity index (χ1n) is 12.7. The number of aliphatic hydroxyl groups is 2. The molecule has 0 spiro atoms. The van der Waals surface area contributed by atoms with E-state index in [-0.39, 0.29) is 43.3 Å². The third-order valence-corrected chi connectivity index (χ3v) is 7.38. The van der Waals surface area contributed by atoms with Crippen molar-refractivity contribution in [2.24, 2.45) is 11.8 Å². The van der Waals surface area contributed by atoms with Gasteiger partial charge in [-0.3, -0.25) is 19.2 Å². The average Bonchev–Trinajstić information content (AvgIpc) is 2.79. The topological polar surface area (TPSA) is 155 Å². The lowest BCUT2D eigenvalue weighted by Gasteiger charge is -2.22. The molecular formula is C25H40O11S4. The van der Waals surface area contributed by atoms with Crippen molar-refractivity contribution in [2.45, 2.75) is 90.3 Å². The molecule has 0 saturated heterocycles. The lowest BCUT2D eigenvalue weighted by Crippen LogP contribution is -2.27. The van der Waals surface area contributed by atoms with E-state index in [4.69, 9.17) is 48.1 Å². The Morgan fingerprint density at radius 2 is 1.10 bits per heavy atom. The van der Waals surface area contributed by atoms with Gasteiger partial charge in [0.1, 0.15) is 13.2 Å². The van der Waals surface area contributed by atoms with Crippen LogP contribution in [0.5, 0.6) is 0 Å². The summed E-state index contributed by atoms with van der Waals surface area (Å²) < 4.78 is 26.5. The maximum atomic E-state index is 12.3. The second-order valence-corrected chi connectivity index (χ2v) is 12.9. The van der Waals surface area contributed by atoms with Crippen molar-refractivity contribution >= 4 is 80.4 Å². The van der Waals surface area contributed by atoms with Crippen LogP contribution in [-0.2, 0) is 42.9 Å². The van der Waals surface area contributed by atoms with Crippen molar-refractivity contribution in [3.8, 4) is 0 Å². The van der Waals surface area contributed by atoms with Crippen molar-refractivity contribution in [3.05, 3.63) is 0 Å². The molecule has 11 nitrogen and oxygen atoms in total. The summed E-state index contributed by atoms with van der Waals surface area (Å²) in [5.74, 6) is -3.56. The summed E-state index contributed by atoms with van der Waals surface area (Å²) in [5.41, 5.74) is -1.43. The fourth-order valence-corrected chi connectivity index (χ4v) is 5.81. The van der Waals surface area contributed by atoms with Crippen LogP contribution in [0.3, 0.4) is 0 Å². The highest BCUT2D eigenvalue weighted by Crippen LogP contribution is 2.24. The van der Waals surface area contributed by atoms with Crippen molar-refractivity contribution in [2.75, 3.05) is 19.8 Å². The Hall–Kier alpha value is -1.52. The molecule has 2 N–H and O–H groups in total. The molecule has 6 unspecified atom stereocenters. The van der Waals surface area contributed by atoms with E-state index in [1.807, 2.05) is 0 Å². The van der Waals surface area contributed by atoms with Gasteiger partial charge in [-0.1, -0.05) is 37.8 Å². The van der Waals surface area contributed by atoms with Gasteiger partial charge in [0.05, 0.1) is 30.7 Å². The zero-order valence-electron chi connectivity index (χ0n) is 23.6. The zero-order valence-corrected chi connectivity index (χ0v) is 26.9. The molecule has 6 atom stereocenters. The number of rotatable bonds is 18. The van der Waals surface area contributed by atoms with Gasteiger partial charge in [0.2, 0.25) is 4.38 Å². The number of hydrogen-bond donors (Lipinski definition) is 2. The third-order valence-electron chi connectivity index (χ3n) is 4.94. The summed E-state index contributed by atoms with van der Waals surface area (Å²) in [7, 11) is 0. The molecule has 230 valence electrons. The summed E-state index contributed by atoms with van der Waals surface area (Å²) in [5, 5.41) is 20.7. The Morgan fingerprint density at radius 3 is 1.45 bits per heavy atom. The number of ether oxygens (including phenoxy) is 5. The minimum Gasteiger partial charge on any atom is -0.479 e. The first kappa shape index (κ1) is 38.5. The summed E-state index contributed by atoms with van der Waals surface area (Å²) in [6.07, 6.45) is -1.68. The molecule has 15 heteroatoms. The second-order valence-electron chi connectivity index (χ2n) is 8.88. The monoisotopic (exact) mass is 644 g/mol. The van der Waals surface area contributed by atoms with Crippen molar-refractivity contribution in [1.29, 1.82) is 0 Å². The van der Waals surface area contributed by atoms with Gasteiger partial charge in [-0.05, 0) is 50.7 Å². The standard InChI is InChI=1S/C25H40O11S4/c1-7-32-25(38)40-22(36-17(5)27)13-20(29)11-15(3)24(31)34-9-8-33-23(30)14(2)10-19(28)12-21(35-16(4)26)39-18(6)37/h14-15,19-22,28-29H,7-13H2,1-6H3. The van der Waals surface area contributed by atoms with Gasteiger partial charge in [0.15, 0.2) is 10.9 Å². The van der Waals surface area contributed by atoms with E-state index < -0.39 is 58.8 Å². The van der Waals surface area contributed by atoms with Crippen LogP contribution in [-0.4, -0.2) is 85.6 Å². The van der Waals surface area contributed by atoms with E-state index >= 15 is 0 Å². The van der Waals surface area contributed by atoms with Gasteiger partial charge in [-0.2, -0.15) is 0 Å². The molecule has 0 aromatic rings. The Bertz CT molecular complexity index is 839. The molecule has 0 saturated carbocycles. The van der Waals surface area contributed by atoms with Gasteiger partial charge in [-0.15, -0.1) is 0 Å². The van der Waals surface area contributed by atoms with E-state index in [0.717, 1.165) is 23.5 Å². The Labute approximate surface area is 254 Å². The van der Waals surface area contributed by atoms with Crippen molar-refractivity contribution < 1.29 is 53.1 Å². The molecule has 0 aliphatic heterocycles. The molecule has 0 aromatic heterocycles. The van der Waals surface area contributed by atoms with Crippen LogP contribution in [0.15, 0.2) is 0 Å². The minimum atomic E-state index is -0.985. The number of esters is 4. The number of carbonyl (C=O) groups is 4. The number of thioether (sulfide) groups is 2. The van der Waals surface area contributed by atoms with Crippen LogP contribution in [0.2, 0.25) is 0 Å². The molecule has 40 heavy (non-hydrogen) atoms. The maximum absolute atomic E-state index is 12.3. The quantitative estimate of drug-likeness (QED) is 0.0734. The largest absolute Gasteiger partial charge is 0.479 e. The predicted octanol–water partition coefficient (Wildman–Crippen LogP) is 3.54. The van der Waals surface area contributed by atoms with Crippen LogP contribution in [0.25, 0.3) is 0 Å². The molecule has 0 fully saturated rings. The first-order valence-corrected chi connectivity index (χ1v) is 15.3. The Balaban J connectivity index is 4.50. The molecular weight excluding hydrogens is 605 g/mol. The summed E-state index contributed by atoms with van der Waals surface area (Å²) >= 11 is 12.2. The number of carbonyl (C=O) groups excluding carboxylic acids is 4. The van der Waals surface area contributed by atoms with E-state index in [0.29, 0.717) is 10.8 Å². The fourth-order valence-electron chi connectivity index (χ4n) is 3.27. The van der Waals surface area contributed by atoms with Gasteiger partial charge >= 0.3 is 23.9 Å². The fraction of sp³-hybridized carbons (Fsp3) is 0.760. The maximum Gasteiger partial charge on any atom is 0.308 e. The summed E-state index contributed by atoms with van der Waals surface area (Å²) in [6.45, 7) is 9.08. The van der Waals surface area contributed by atoms with Gasteiger partial charge < -0.3 is 33.9 Å². The highest BCUT2D eigenvalue weighted by atomic mass is 32.2. The molecule has 0 aromatic carbocycles. The second kappa shape index (κ2) is 21.2. The smallest absolute Gasteiger partial charge is 0.308 e. The summed E-state index contributed by atoms with van der Waals surface area (Å²) in [4.78, 5) is 47.2. The van der Waals surface area contributed by atoms with E-state index in [1.54, 1.807) is 27.7 Å². The highest BCUT2D eigenvalue weighted by Gasteiger charge is 2.26. The molecule has 0 bridgehead atoms. The predicted molar refractivity (Wildman–Crippen MR) is 160 cm³/mol. The van der Waals surface area contributed by atoms with E-state index in [9.17, 15) is 29.4 Å². The average molecular weight is 645 g/mol. The molecule has 0 aliphatic carbocycles. The number of aliphatic hydroxyl groups excluding tert-OH is 2.